The molecule has 0 amide bonds. The van der Waals surface area contributed by atoms with Crippen molar-refractivity contribution in [2.24, 2.45) is 0 Å². The average Bonchev–Trinajstić information content (AvgIpc) is 2.74. The predicted octanol–water partition coefficient (Wildman–Crippen LogP) is 1.87. The third-order valence-corrected chi connectivity index (χ3v) is 3.35. The Morgan fingerprint density at radius 1 is 1.18 bits per heavy atom. The SMILES string of the molecule is CN(C)c1cc(N(C)[C@@H]2CCC[C@H]2F)ncn1. The fourth-order valence-corrected chi connectivity index (χ4v) is 2.28. The first-order valence-corrected chi connectivity index (χ1v) is 5.96. The topological polar surface area (TPSA) is 32.3 Å². The Morgan fingerprint density at radius 2 is 1.88 bits per heavy atom. The van der Waals surface area contributed by atoms with Crippen LogP contribution in [0.2, 0.25) is 0 Å². The molecule has 5 heteroatoms. The van der Waals surface area contributed by atoms with Crippen LogP contribution in [-0.4, -0.2) is 43.3 Å². The Kier molecular flexibility index (Phi) is 3.45. The van der Waals surface area contributed by atoms with Gasteiger partial charge in [-0.15, -0.1) is 0 Å². The third-order valence-electron chi connectivity index (χ3n) is 3.35. The molecule has 0 bridgehead atoms. The molecule has 2 atom stereocenters. The molecule has 0 aromatic carbocycles. The van der Waals surface area contributed by atoms with E-state index in [0.29, 0.717) is 6.42 Å². The van der Waals surface area contributed by atoms with E-state index in [1.54, 1.807) is 0 Å². The van der Waals surface area contributed by atoms with Gasteiger partial charge in [-0.05, 0) is 19.3 Å². The van der Waals surface area contributed by atoms with Crippen molar-refractivity contribution >= 4 is 11.6 Å². The fraction of sp³-hybridized carbons (Fsp3) is 0.667. The molecule has 2 rings (SSSR count). The van der Waals surface area contributed by atoms with Crippen molar-refractivity contribution in [3.63, 3.8) is 0 Å². The van der Waals surface area contributed by atoms with Crippen molar-refractivity contribution in [1.29, 1.82) is 0 Å². The highest BCUT2D eigenvalue weighted by molar-refractivity contribution is 5.49. The zero-order valence-corrected chi connectivity index (χ0v) is 10.6. The number of aromatic nitrogens is 2. The van der Waals surface area contributed by atoms with Gasteiger partial charge in [-0.2, -0.15) is 0 Å². The molecule has 4 nitrogen and oxygen atoms in total. The summed E-state index contributed by atoms with van der Waals surface area (Å²) in [6, 6.07) is 1.85. The van der Waals surface area contributed by atoms with Crippen molar-refractivity contribution in [3.05, 3.63) is 12.4 Å². The summed E-state index contributed by atoms with van der Waals surface area (Å²) in [6.45, 7) is 0. The molecule has 0 N–H and O–H groups in total. The zero-order valence-electron chi connectivity index (χ0n) is 10.6. The molecule has 0 radical (unpaired) electrons. The highest BCUT2D eigenvalue weighted by Gasteiger charge is 2.31. The molecular weight excluding hydrogens is 219 g/mol. The second-order valence-electron chi connectivity index (χ2n) is 4.75. The first kappa shape index (κ1) is 12.1. The second kappa shape index (κ2) is 4.85. The van der Waals surface area contributed by atoms with Gasteiger partial charge in [0.05, 0.1) is 6.04 Å². The van der Waals surface area contributed by atoms with Gasteiger partial charge < -0.3 is 9.80 Å². The van der Waals surface area contributed by atoms with Crippen molar-refractivity contribution < 1.29 is 4.39 Å². The molecule has 0 unspecified atom stereocenters. The van der Waals surface area contributed by atoms with Crippen LogP contribution in [0.3, 0.4) is 0 Å². The van der Waals surface area contributed by atoms with Crippen LogP contribution in [0.25, 0.3) is 0 Å². The van der Waals surface area contributed by atoms with Gasteiger partial charge >= 0.3 is 0 Å². The quantitative estimate of drug-likeness (QED) is 0.804. The zero-order chi connectivity index (χ0) is 12.4. The van der Waals surface area contributed by atoms with Crippen molar-refractivity contribution in [2.45, 2.75) is 31.5 Å². The molecule has 94 valence electrons. The third kappa shape index (κ3) is 2.48. The second-order valence-corrected chi connectivity index (χ2v) is 4.75. The number of alkyl halides is 1. The number of hydrogen-bond acceptors (Lipinski definition) is 4. The molecule has 1 aliphatic carbocycles. The maximum absolute atomic E-state index is 13.7. The van der Waals surface area contributed by atoms with E-state index < -0.39 is 6.17 Å². The van der Waals surface area contributed by atoms with Gasteiger partial charge in [0.25, 0.3) is 0 Å². The molecule has 1 aliphatic rings. The maximum atomic E-state index is 13.7. The van der Waals surface area contributed by atoms with E-state index in [-0.39, 0.29) is 6.04 Å². The smallest absolute Gasteiger partial charge is 0.134 e. The van der Waals surface area contributed by atoms with Crippen LogP contribution >= 0.6 is 0 Å². The lowest BCUT2D eigenvalue weighted by atomic mass is 10.2. The normalized spacial score (nSPS) is 23.8. The molecule has 1 heterocycles. The summed E-state index contributed by atoms with van der Waals surface area (Å²) in [4.78, 5) is 12.2. The Morgan fingerprint density at radius 3 is 2.47 bits per heavy atom. The highest BCUT2D eigenvalue weighted by atomic mass is 19.1. The fourth-order valence-electron chi connectivity index (χ4n) is 2.28. The summed E-state index contributed by atoms with van der Waals surface area (Å²) in [5.41, 5.74) is 0. The van der Waals surface area contributed by atoms with Crippen LogP contribution in [-0.2, 0) is 0 Å². The van der Waals surface area contributed by atoms with Gasteiger partial charge in [0.1, 0.15) is 24.1 Å². The molecular formula is C12H19FN4. The van der Waals surface area contributed by atoms with E-state index in [1.165, 1.54) is 6.33 Å². The summed E-state index contributed by atoms with van der Waals surface area (Å²) in [5.74, 6) is 1.63. The Bertz CT molecular complexity index is 383. The number of hydrogen-bond donors (Lipinski definition) is 0. The highest BCUT2D eigenvalue weighted by Crippen LogP contribution is 2.29. The summed E-state index contributed by atoms with van der Waals surface area (Å²) in [6.07, 6.45) is 3.32. The van der Waals surface area contributed by atoms with E-state index in [1.807, 2.05) is 37.0 Å². The van der Waals surface area contributed by atoms with Crippen LogP contribution in [0.4, 0.5) is 16.0 Å². The van der Waals surface area contributed by atoms with Crippen LogP contribution in [0.15, 0.2) is 12.4 Å². The van der Waals surface area contributed by atoms with Crippen molar-refractivity contribution in [1.82, 2.24) is 9.97 Å². The van der Waals surface area contributed by atoms with Gasteiger partial charge in [-0.3, -0.25) is 0 Å². The predicted molar refractivity (Wildman–Crippen MR) is 67.3 cm³/mol. The maximum Gasteiger partial charge on any atom is 0.134 e. The number of rotatable bonds is 3. The van der Waals surface area contributed by atoms with Gasteiger partial charge in [0, 0.05) is 27.2 Å². The van der Waals surface area contributed by atoms with Crippen LogP contribution < -0.4 is 9.80 Å². The lowest BCUT2D eigenvalue weighted by Gasteiger charge is -2.27. The van der Waals surface area contributed by atoms with Crippen LogP contribution in [0, 0.1) is 0 Å². The Balaban J connectivity index is 2.18. The first-order valence-electron chi connectivity index (χ1n) is 5.96. The van der Waals surface area contributed by atoms with Gasteiger partial charge in [0.15, 0.2) is 0 Å². The Hall–Kier alpha value is -1.39. The van der Waals surface area contributed by atoms with Crippen LogP contribution in [0.1, 0.15) is 19.3 Å². The molecule has 17 heavy (non-hydrogen) atoms. The van der Waals surface area contributed by atoms with Crippen LogP contribution in [0.5, 0.6) is 0 Å². The summed E-state index contributed by atoms with van der Waals surface area (Å²) in [7, 11) is 5.77. The minimum Gasteiger partial charge on any atom is -0.363 e. The minimum atomic E-state index is -0.738. The summed E-state index contributed by atoms with van der Waals surface area (Å²) < 4.78 is 13.7. The van der Waals surface area contributed by atoms with Gasteiger partial charge in [-0.25, -0.2) is 14.4 Å². The lowest BCUT2D eigenvalue weighted by Crippen LogP contribution is -2.36. The largest absolute Gasteiger partial charge is 0.363 e. The van der Waals surface area contributed by atoms with Gasteiger partial charge in [0.2, 0.25) is 0 Å². The van der Waals surface area contributed by atoms with E-state index in [0.717, 1.165) is 24.5 Å². The summed E-state index contributed by atoms with van der Waals surface area (Å²) in [5, 5.41) is 0. The van der Waals surface area contributed by atoms with Crippen molar-refractivity contribution in [3.8, 4) is 0 Å². The average molecular weight is 238 g/mol. The van der Waals surface area contributed by atoms with E-state index in [2.05, 4.69) is 9.97 Å². The number of halogens is 1. The molecule has 1 saturated carbocycles. The number of anilines is 2. The van der Waals surface area contributed by atoms with Gasteiger partial charge in [-0.1, -0.05) is 0 Å². The standard InChI is InChI=1S/C12H19FN4/c1-16(2)11-7-12(15-8-14-11)17(3)10-6-4-5-9(10)13/h7-10H,4-6H2,1-3H3/t9-,10-/m1/s1. The first-order chi connectivity index (χ1) is 8.09. The Labute approximate surface area is 101 Å². The molecule has 0 saturated heterocycles. The molecule has 1 aromatic rings. The van der Waals surface area contributed by atoms with E-state index in [4.69, 9.17) is 0 Å². The molecule has 0 spiro atoms. The van der Waals surface area contributed by atoms with E-state index >= 15 is 0 Å². The monoisotopic (exact) mass is 238 g/mol. The van der Waals surface area contributed by atoms with Crippen molar-refractivity contribution in [2.75, 3.05) is 30.9 Å². The molecule has 1 aromatic heterocycles. The molecule has 1 fully saturated rings. The lowest BCUT2D eigenvalue weighted by molar-refractivity contribution is 0.306. The van der Waals surface area contributed by atoms with E-state index in [9.17, 15) is 4.39 Å². The molecule has 0 aliphatic heterocycles. The minimum absolute atomic E-state index is 0.0417. The number of nitrogens with zero attached hydrogens (tertiary/aromatic N) is 4. The summed E-state index contributed by atoms with van der Waals surface area (Å²) >= 11 is 0.